The van der Waals surface area contributed by atoms with Gasteiger partial charge in [0.2, 0.25) is 17.6 Å². The van der Waals surface area contributed by atoms with Crippen LogP contribution < -0.4 is 21.7 Å². The molecule has 3 rings (SSSR count). The molecule has 1 aliphatic heterocycles. The van der Waals surface area contributed by atoms with Gasteiger partial charge in [-0.05, 0) is 61.2 Å². The number of Topliss-reactive ketones (excluding diaryl/α,β-unsaturated/α-hetero) is 1. The molecule has 11 heteroatoms. The zero-order valence-electron chi connectivity index (χ0n) is 28.1. The summed E-state index contributed by atoms with van der Waals surface area (Å²) in [4.78, 5) is 67.3. The number of ether oxygens (including phenoxy) is 1. The van der Waals surface area contributed by atoms with Crippen LogP contribution in [-0.2, 0) is 23.9 Å². The summed E-state index contributed by atoms with van der Waals surface area (Å²) in [5.41, 5.74) is 3.77. The first-order chi connectivity index (χ1) is 19.4. The molecular formula is C32H55N5O6. The van der Waals surface area contributed by atoms with Crippen LogP contribution in [0.15, 0.2) is 0 Å². The molecule has 244 valence electrons. The number of rotatable bonds is 11. The zero-order valence-corrected chi connectivity index (χ0v) is 28.1. The predicted molar refractivity (Wildman–Crippen MR) is 164 cm³/mol. The number of nitrogens with one attached hydrogen (secondary N) is 3. The van der Waals surface area contributed by atoms with Gasteiger partial charge in [-0.1, -0.05) is 68.2 Å². The van der Waals surface area contributed by atoms with Gasteiger partial charge in [0.25, 0.3) is 5.91 Å². The highest BCUT2D eigenvalue weighted by molar-refractivity contribution is 6.37. The van der Waals surface area contributed by atoms with Crippen LogP contribution in [0.3, 0.4) is 0 Å². The van der Waals surface area contributed by atoms with E-state index in [4.69, 9.17) is 10.5 Å². The number of amides is 5. The van der Waals surface area contributed by atoms with Crippen molar-refractivity contribution in [3.8, 4) is 0 Å². The number of carbonyl (C=O) groups excluding carboxylic acids is 5. The van der Waals surface area contributed by atoms with Crippen molar-refractivity contribution >= 4 is 29.5 Å². The number of likely N-dealkylation sites (tertiary alicyclic amines) is 1. The van der Waals surface area contributed by atoms with E-state index in [1.807, 2.05) is 62.3 Å². The number of carbonyl (C=O) groups is 5. The Bertz CT molecular complexity index is 1110. The molecule has 1 unspecified atom stereocenters. The average Bonchev–Trinajstić information content (AvgIpc) is 3.69. The highest BCUT2D eigenvalue weighted by Gasteiger charge is 2.70. The Balaban J connectivity index is 1.81. The van der Waals surface area contributed by atoms with Gasteiger partial charge in [0, 0.05) is 6.54 Å². The SMILES string of the molecule is CC(C)(C)OC[C@H](NC(=O)N[C@H](C(=O)N1C[C@H]2[C@@H]([C@H]1C(=O)NC(CC1CC1)C(=O)C(N)=O)C2(C)C)C(C)(C)C)C(C)(C)C. The van der Waals surface area contributed by atoms with Crippen molar-refractivity contribution in [3.05, 3.63) is 0 Å². The molecular weight excluding hydrogens is 550 g/mol. The maximum Gasteiger partial charge on any atom is 0.315 e. The maximum atomic E-state index is 14.2. The number of hydrogen-bond donors (Lipinski definition) is 4. The quantitative estimate of drug-likeness (QED) is 0.265. The Morgan fingerprint density at radius 1 is 0.907 bits per heavy atom. The van der Waals surface area contributed by atoms with Crippen LogP contribution in [0, 0.1) is 34.0 Å². The molecule has 11 nitrogen and oxygen atoms in total. The van der Waals surface area contributed by atoms with E-state index in [0.717, 1.165) is 12.8 Å². The number of piperidine rings is 1. The molecule has 0 aromatic carbocycles. The molecule has 3 aliphatic rings. The smallest absolute Gasteiger partial charge is 0.315 e. The minimum absolute atomic E-state index is 0.101. The van der Waals surface area contributed by atoms with Crippen molar-refractivity contribution in [2.75, 3.05) is 13.2 Å². The fraction of sp³-hybridized carbons (Fsp3) is 0.844. The van der Waals surface area contributed by atoms with Gasteiger partial charge in [0.15, 0.2) is 0 Å². The predicted octanol–water partition coefficient (Wildman–Crippen LogP) is 2.75. The van der Waals surface area contributed by atoms with Crippen LogP contribution in [0.5, 0.6) is 0 Å². The van der Waals surface area contributed by atoms with E-state index < -0.39 is 47.2 Å². The van der Waals surface area contributed by atoms with Gasteiger partial charge in [-0.25, -0.2) is 4.79 Å². The lowest BCUT2D eigenvalue weighted by Crippen LogP contribution is -2.62. The largest absolute Gasteiger partial charge is 0.374 e. The molecule has 0 radical (unpaired) electrons. The lowest BCUT2D eigenvalue weighted by atomic mass is 9.85. The highest BCUT2D eigenvalue weighted by Crippen LogP contribution is 2.65. The van der Waals surface area contributed by atoms with Gasteiger partial charge in [-0.3, -0.25) is 19.2 Å². The molecule has 2 saturated carbocycles. The minimum atomic E-state index is -1.08. The van der Waals surface area contributed by atoms with Gasteiger partial charge >= 0.3 is 6.03 Å². The summed E-state index contributed by atoms with van der Waals surface area (Å²) in [5, 5.41) is 8.70. The summed E-state index contributed by atoms with van der Waals surface area (Å²) in [5.74, 6) is -2.46. The first kappa shape index (κ1) is 34.8. The Kier molecular flexibility index (Phi) is 9.72. The number of primary amides is 1. The van der Waals surface area contributed by atoms with Crippen LogP contribution in [0.25, 0.3) is 0 Å². The molecule has 5 amide bonds. The van der Waals surface area contributed by atoms with Crippen molar-refractivity contribution in [3.63, 3.8) is 0 Å². The summed E-state index contributed by atoms with van der Waals surface area (Å²) >= 11 is 0. The summed E-state index contributed by atoms with van der Waals surface area (Å²) in [6.45, 7) is 22.3. The van der Waals surface area contributed by atoms with Gasteiger partial charge in [-0.15, -0.1) is 0 Å². The minimum Gasteiger partial charge on any atom is -0.374 e. The second-order valence-electron chi connectivity index (χ2n) is 16.6. The molecule has 0 spiro atoms. The first-order valence-corrected chi connectivity index (χ1v) is 15.6. The molecule has 5 N–H and O–H groups in total. The fourth-order valence-electron chi connectivity index (χ4n) is 6.15. The maximum absolute atomic E-state index is 14.2. The molecule has 1 saturated heterocycles. The molecule has 0 aromatic heterocycles. The lowest BCUT2D eigenvalue weighted by molar-refractivity contribution is -0.145. The third-order valence-corrected chi connectivity index (χ3v) is 9.32. The van der Waals surface area contributed by atoms with E-state index in [0.29, 0.717) is 19.6 Å². The molecule has 6 atom stereocenters. The molecule has 1 heterocycles. The Morgan fingerprint density at radius 3 is 1.95 bits per heavy atom. The van der Waals surface area contributed by atoms with Crippen LogP contribution in [0.4, 0.5) is 4.79 Å². The summed E-state index contributed by atoms with van der Waals surface area (Å²) in [6, 6.07) is -3.59. The van der Waals surface area contributed by atoms with Crippen molar-refractivity contribution in [1.82, 2.24) is 20.9 Å². The van der Waals surface area contributed by atoms with E-state index >= 15 is 0 Å². The standard InChI is InChI=1S/C32H55N5O6/c1-29(2,3)20(16-43-31(7,8)9)35-28(42)36-24(30(4,5)6)27(41)37-15-18-21(32(18,10)11)22(37)26(40)34-19(14-17-12-13-17)23(38)25(33)39/h17-22,24H,12-16H2,1-11H3,(H2,33,39)(H,34,40)(H2,35,36,42)/t18-,19?,20-,21-,22-,24+/m0/s1. The molecule has 0 bridgehead atoms. The highest BCUT2D eigenvalue weighted by atomic mass is 16.5. The van der Waals surface area contributed by atoms with Gasteiger partial charge in [0.1, 0.15) is 12.1 Å². The van der Waals surface area contributed by atoms with Crippen LogP contribution in [0.2, 0.25) is 0 Å². The lowest BCUT2D eigenvalue weighted by Gasteiger charge is -2.39. The van der Waals surface area contributed by atoms with E-state index in [-0.39, 0.29) is 46.1 Å². The van der Waals surface area contributed by atoms with Crippen molar-refractivity contribution in [2.45, 2.75) is 125 Å². The molecule has 3 fully saturated rings. The third-order valence-electron chi connectivity index (χ3n) is 9.32. The zero-order chi connectivity index (χ0) is 32.9. The number of fused-ring (bicyclic) bond motifs is 1. The van der Waals surface area contributed by atoms with Gasteiger partial charge < -0.3 is 31.3 Å². The second kappa shape index (κ2) is 12.0. The Labute approximate surface area is 257 Å². The Morgan fingerprint density at radius 2 is 1.49 bits per heavy atom. The number of urea groups is 1. The van der Waals surface area contributed by atoms with Gasteiger partial charge in [-0.2, -0.15) is 0 Å². The van der Waals surface area contributed by atoms with Crippen molar-refractivity contribution < 1.29 is 28.7 Å². The van der Waals surface area contributed by atoms with Crippen molar-refractivity contribution in [2.24, 2.45) is 39.7 Å². The van der Waals surface area contributed by atoms with E-state index in [9.17, 15) is 24.0 Å². The fourth-order valence-corrected chi connectivity index (χ4v) is 6.15. The number of hydrogen-bond acceptors (Lipinski definition) is 6. The normalized spacial score (nSPS) is 25.2. The van der Waals surface area contributed by atoms with Crippen LogP contribution in [0.1, 0.15) is 95.4 Å². The molecule has 2 aliphatic carbocycles. The van der Waals surface area contributed by atoms with E-state index in [2.05, 4.69) is 29.8 Å². The average molecular weight is 606 g/mol. The number of ketones is 1. The molecule has 0 aromatic rings. The summed E-state index contributed by atoms with van der Waals surface area (Å²) < 4.78 is 5.97. The second-order valence-corrected chi connectivity index (χ2v) is 16.6. The van der Waals surface area contributed by atoms with Crippen LogP contribution in [-0.4, -0.2) is 77.4 Å². The monoisotopic (exact) mass is 605 g/mol. The Hall–Kier alpha value is -2.69. The third kappa shape index (κ3) is 8.48. The van der Waals surface area contributed by atoms with Crippen molar-refractivity contribution in [1.29, 1.82) is 0 Å². The number of nitrogens with zero attached hydrogens (tertiary/aromatic N) is 1. The van der Waals surface area contributed by atoms with Crippen LogP contribution >= 0.6 is 0 Å². The van der Waals surface area contributed by atoms with E-state index in [1.54, 1.807) is 4.90 Å². The summed E-state index contributed by atoms with van der Waals surface area (Å²) in [6.07, 6.45) is 2.22. The number of nitrogens with two attached hydrogens (primary N) is 1. The van der Waals surface area contributed by atoms with Gasteiger partial charge in [0.05, 0.1) is 24.3 Å². The summed E-state index contributed by atoms with van der Waals surface area (Å²) in [7, 11) is 0. The van der Waals surface area contributed by atoms with E-state index in [1.165, 1.54) is 0 Å². The first-order valence-electron chi connectivity index (χ1n) is 15.6. The topological polar surface area (TPSA) is 160 Å². The molecule has 43 heavy (non-hydrogen) atoms.